The maximum Gasteiger partial charge on any atom is 0.238 e. The number of rotatable bonds is 10. The Morgan fingerprint density at radius 1 is 1.36 bits per heavy atom. The third-order valence-corrected chi connectivity index (χ3v) is 7.06. The van der Waals surface area contributed by atoms with E-state index in [1.165, 1.54) is 12.8 Å². The van der Waals surface area contributed by atoms with Gasteiger partial charge in [-0.25, -0.2) is 18.1 Å². The molecule has 7 nitrogen and oxygen atoms in total. The second-order valence-electron chi connectivity index (χ2n) is 7.27. The number of nitrogens with zero attached hydrogens (tertiary/aromatic N) is 2. The van der Waals surface area contributed by atoms with E-state index < -0.39 is 16.1 Å². The zero-order chi connectivity index (χ0) is 20.6. The van der Waals surface area contributed by atoms with E-state index in [1.807, 2.05) is 18.4 Å². The monoisotopic (exact) mass is 428 g/mol. The summed E-state index contributed by atoms with van der Waals surface area (Å²) < 4.78 is 26.2. The van der Waals surface area contributed by atoms with E-state index >= 15 is 0 Å². The van der Waals surface area contributed by atoms with E-state index in [0.717, 1.165) is 30.4 Å². The average Bonchev–Trinajstić information content (AvgIpc) is 2.70. The molecular formula is C19H32N4O3S2. The standard InChI is InChI=1S/C19H32N4O3S2/c1-4-28(25,26)22-17(9-12-27-3)19(24)21-14-16-5-6-18(20-13-16)23-10-7-15(2)8-11-23/h5-6,13,15,17,22H,4,7-12,14H2,1-3H3,(H,21,24). The zero-order valence-corrected chi connectivity index (χ0v) is 18.6. The van der Waals surface area contributed by atoms with Gasteiger partial charge in [-0.3, -0.25) is 4.79 Å². The fraction of sp³-hybridized carbons (Fsp3) is 0.684. The highest BCUT2D eigenvalue weighted by molar-refractivity contribution is 7.98. The Kier molecular flexibility index (Phi) is 9.04. The zero-order valence-electron chi connectivity index (χ0n) is 17.0. The molecule has 1 atom stereocenters. The maximum atomic E-state index is 12.5. The molecule has 0 spiro atoms. The molecule has 1 fully saturated rings. The normalized spacial score (nSPS) is 16.8. The molecule has 1 aromatic rings. The van der Waals surface area contributed by atoms with E-state index in [-0.39, 0.29) is 11.7 Å². The van der Waals surface area contributed by atoms with Crippen molar-refractivity contribution in [3.05, 3.63) is 23.9 Å². The first-order chi connectivity index (χ1) is 13.3. The lowest BCUT2D eigenvalue weighted by Gasteiger charge is -2.31. The van der Waals surface area contributed by atoms with Crippen molar-refractivity contribution in [3.8, 4) is 0 Å². The van der Waals surface area contributed by atoms with E-state index in [4.69, 9.17) is 0 Å². The number of aromatic nitrogens is 1. The van der Waals surface area contributed by atoms with Crippen molar-refractivity contribution in [3.63, 3.8) is 0 Å². The molecule has 1 aliphatic rings. The molecule has 1 aromatic heterocycles. The Morgan fingerprint density at radius 2 is 2.07 bits per heavy atom. The number of carbonyl (C=O) groups excluding carboxylic acids is 1. The number of piperidine rings is 1. The Labute approximate surface area is 173 Å². The highest BCUT2D eigenvalue weighted by Crippen LogP contribution is 2.21. The topological polar surface area (TPSA) is 91.4 Å². The van der Waals surface area contributed by atoms with Crippen LogP contribution in [0.25, 0.3) is 0 Å². The van der Waals surface area contributed by atoms with Crippen molar-refractivity contribution >= 4 is 33.5 Å². The fourth-order valence-electron chi connectivity index (χ4n) is 3.04. The summed E-state index contributed by atoms with van der Waals surface area (Å²) in [5, 5.41) is 2.83. The minimum absolute atomic E-state index is 0.0449. The highest BCUT2D eigenvalue weighted by atomic mass is 32.2. The van der Waals surface area contributed by atoms with Crippen LogP contribution in [0.4, 0.5) is 5.82 Å². The second-order valence-corrected chi connectivity index (χ2v) is 10.3. The van der Waals surface area contributed by atoms with Crippen molar-refractivity contribution < 1.29 is 13.2 Å². The lowest BCUT2D eigenvalue weighted by molar-refractivity contribution is -0.122. The minimum atomic E-state index is -3.44. The Bertz CT molecular complexity index is 717. The van der Waals surface area contributed by atoms with Crippen LogP contribution >= 0.6 is 11.8 Å². The van der Waals surface area contributed by atoms with Gasteiger partial charge in [0.2, 0.25) is 15.9 Å². The average molecular weight is 429 g/mol. The Morgan fingerprint density at radius 3 is 2.64 bits per heavy atom. The molecule has 2 N–H and O–H groups in total. The third-order valence-electron chi connectivity index (χ3n) is 5.01. The quantitative estimate of drug-likeness (QED) is 0.592. The molecular weight excluding hydrogens is 396 g/mol. The van der Waals surface area contributed by atoms with Gasteiger partial charge in [-0.1, -0.05) is 13.0 Å². The van der Waals surface area contributed by atoms with Gasteiger partial charge in [-0.2, -0.15) is 11.8 Å². The molecule has 0 saturated carbocycles. The molecule has 1 amide bonds. The molecule has 1 unspecified atom stereocenters. The molecule has 28 heavy (non-hydrogen) atoms. The molecule has 0 bridgehead atoms. The van der Waals surface area contributed by atoms with Crippen molar-refractivity contribution in [1.29, 1.82) is 0 Å². The number of carbonyl (C=O) groups is 1. The van der Waals surface area contributed by atoms with Crippen molar-refractivity contribution in [2.75, 3.05) is 35.8 Å². The van der Waals surface area contributed by atoms with Crippen LogP contribution in [0.5, 0.6) is 0 Å². The van der Waals surface area contributed by atoms with Crippen LogP contribution in [0, 0.1) is 5.92 Å². The first-order valence-corrected chi connectivity index (χ1v) is 12.9. The van der Waals surface area contributed by atoms with E-state index in [2.05, 4.69) is 26.8 Å². The number of hydrogen-bond donors (Lipinski definition) is 2. The van der Waals surface area contributed by atoms with Gasteiger partial charge in [-0.15, -0.1) is 0 Å². The maximum absolute atomic E-state index is 12.5. The summed E-state index contributed by atoms with van der Waals surface area (Å²) >= 11 is 1.58. The molecule has 1 saturated heterocycles. The molecule has 2 rings (SSSR count). The first kappa shape index (κ1) is 23.0. The summed E-state index contributed by atoms with van der Waals surface area (Å²) in [7, 11) is -3.44. The van der Waals surface area contributed by atoms with E-state index in [0.29, 0.717) is 18.7 Å². The van der Waals surface area contributed by atoms with Crippen LogP contribution in [0.15, 0.2) is 18.3 Å². The summed E-state index contributed by atoms with van der Waals surface area (Å²) in [6, 6.07) is 3.20. The van der Waals surface area contributed by atoms with Gasteiger partial charge < -0.3 is 10.2 Å². The lowest BCUT2D eigenvalue weighted by Crippen LogP contribution is -2.47. The van der Waals surface area contributed by atoms with Gasteiger partial charge >= 0.3 is 0 Å². The number of amides is 1. The number of hydrogen-bond acceptors (Lipinski definition) is 6. The summed E-state index contributed by atoms with van der Waals surface area (Å²) in [5.41, 5.74) is 0.893. The van der Waals surface area contributed by atoms with Gasteiger partial charge in [0.15, 0.2) is 0 Å². The number of sulfonamides is 1. The highest BCUT2D eigenvalue weighted by Gasteiger charge is 2.23. The van der Waals surface area contributed by atoms with Gasteiger partial charge in [0, 0.05) is 25.8 Å². The predicted octanol–water partition coefficient (Wildman–Crippen LogP) is 2.00. The van der Waals surface area contributed by atoms with E-state index in [1.54, 1.807) is 24.9 Å². The molecule has 158 valence electrons. The Hall–Kier alpha value is -1.32. The smallest absolute Gasteiger partial charge is 0.238 e. The van der Waals surface area contributed by atoms with Crippen LogP contribution in [0.2, 0.25) is 0 Å². The summed E-state index contributed by atoms with van der Waals surface area (Å²) in [4.78, 5) is 19.3. The Balaban J connectivity index is 1.90. The van der Waals surface area contributed by atoms with Crippen LogP contribution in [-0.2, 0) is 21.4 Å². The van der Waals surface area contributed by atoms with Crippen molar-refractivity contribution in [2.45, 2.75) is 45.7 Å². The third kappa shape index (κ3) is 7.25. The molecule has 9 heteroatoms. The largest absolute Gasteiger partial charge is 0.357 e. The van der Waals surface area contributed by atoms with Gasteiger partial charge in [-0.05, 0) is 55.7 Å². The van der Waals surface area contributed by atoms with Gasteiger partial charge in [0.1, 0.15) is 11.9 Å². The first-order valence-electron chi connectivity index (χ1n) is 9.81. The number of thioether (sulfide) groups is 1. The second kappa shape index (κ2) is 11.0. The van der Waals surface area contributed by atoms with Crippen molar-refractivity contribution in [1.82, 2.24) is 15.0 Å². The molecule has 0 radical (unpaired) electrons. The predicted molar refractivity (Wildman–Crippen MR) is 116 cm³/mol. The van der Waals surface area contributed by atoms with Crippen molar-refractivity contribution in [2.24, 2.45) is 5.92 Å². The summed E-state index contributed by atoms with van der Waals surface area (Å²) in [6.07, 6.45) is 6.53. The van der Waals surface area contributed by atoms with Crippen LogP contribution in [0.3, 0.4) is 0 Å². The van der Waals surface area contributed by atoms with Gasteiger partial charge in [0.25, 0.3) is 0 Å². The lowest BCUT2D eigenvalue weighted by atomic mass is 9.99. The molecule has 0 aromatic carbocycles. The number of pyridine rings is 1. The molecule has 1 aliphatic heterocycles. The van der Waals surface area contributed by atoms with Crippen LogP contribution in [-0.4, -0.2) is 56.2 Å². The van der Waals surface area contributed by atoms with Crippen LogP contribution < -0.4 is 14.9 Å². The fourth-order valence-corrected chi connectivity index (χ4v) is 4.33. The van der Waals surface area contributed by atoms with E-state index in [9.17, 15) is 13.2 Å². The summed E-state index contributed by atoms with van der Waals surface area (Å²) in [5.74, 6) is 2.09. The summed E-state index contributed by atoms with van der Waals surface area (Å²) in [6.45, 7) is 6.22. The van der Waals surface area contributed by atoms with Crippen LogP contribution in [0.1, 0.15) is 38.7 Å². The SMILES string of the molecule is CCS(=O)(=O)NC(CCSC)C(=O)NCc1ccc(N2CCC(C)CC2)nc1. The molecule has 2 heterocycles. The van der Waals surface area contributed by atoms with Gasteiger partial charge in [0.05, 0.1) is 5.75 Å². The molecule has 0 aliphatic carbocycles. The number of anilines is 1. The minimum Gasteiger partial charge on any atom is -0.357 e. The number of nitrogens with one attached hydrogen (secondary N) is 2.